The summed E-state index contributed by atoms with van der Waals surface area (Å²) in [5, 5.41) is 3.26. The molecule has 0 aliphatic carbocycles. The van der Waals surface area contributed by atoms with Crippen LogP contribution in [0, 0.1) is 0 Å². The first-order valence-electron chi connectivity index (χ1n) is 6.24. The number of hydrogen-bond donors (Lipinski definition) is 2. The van der Waals surface area contributed by atoms with Crippen LogP contribution in [0.1, 0.15) is 0 Å². The Kier molecular flexibility index (Phi) is 2.96. The van der Waals surface area contributed by atoms with Crippen molar-refractivity contribution in [1.29, 1.82) is 0 Å². The molecule has 1 aliphatic rings. The molecule has 2 aromatic rings. The number of aromatic amines is 1. The van der Waals surface area contributed by atoms with Crippen molar-refractivity contribution in [2.24, 2.45) is 7.05 Å². The molecule has 1 saturated heterocycles. The maximum Gasteiger partial charge on any atom is 0.331 e. The van der Waals surface area contributed by atoms with Crippen molar-refractivity contribution >= 4 is 11.2 Å². The normalized spacial score (nSPS) is 17.1. The van der Waals surface area contributed by atoms with Gasteiger partial charge in [0.15, 0.2) is 11.2 Å². The summed E-state index contributed by atoms with van der Waals surface area (Å²) in [7, 11) is 1.74. The van der Waals surface area contributed by atoms with Gasteiger partial charge in [-0.15, -0.1) is 0 Å². The molecule has 2 N–H and O–H groups in total. The average molecular weight is 264 g/mol. The minimum absolute atomic E-state index is 0.392. The predicted octanol–water partition coefficient (Wildman–Crippen LogP) is -1.71. The number of H-pyrrole nitrogens is 1. The van der Waals surface area contributed by atoms with E-state index in [1.54, 1.807) is 17.9 Å². The van der Waals surface area contributed by atoms with Gasteiger partial charge in [0.25, 0.3) is 5.56 Å². The number of hydrogen-bond acceptors (Lipinski definition) is 5. The molecule has 0 spiro atoms. The van der Waals surface area contributed by atoms with E-state index in [2.05, 4.69) is 20.2 Å². The standard InChI is InChI=1S/C11H16N6O2/c1-15-6-13-9-8(15)10(18)14-11(19)17(9)7-16-4-2-12-3-5-16/h6,12H,2-5,7H2,1H3,(H,14,18,19). The smallest absolute Gasteiger partial charge is 0.328 e. The van der Waals surface area contributed by atoms with Gasteiger partial charge in [0.05, 0.1) is 13.0 Å². The van der Waals surface area contributed by atoms with Crippen LogP contribution in [0.25, 0.3) is 11.2 Å². The molecule has 8 nitrogen and oxygen atoms in total. The average Bonchev–Trinajstić information content (AvgIpc) is 2.78. The van der Waals surface area contributed by atoms with E-state index < -0.39 is 11.2 Å². The number of fused-ring (bicyclic) bond motifs is 1. The summed E-state index contributed by atoms with van der Waals surface area (Å²) in [4.78, 5) is 32.4. The van der Waals surface area contributed by atoms with Crippen LogP contribution in [0.2, 0.25) is 0 Å². The lowest BCUT2D eigenvalue weighted by molar-refractivity contribution is 0.192. The monoisotopic (exact) mass is 264 g/mol. The number of nitrogens with zero attached hydrogens (tertiary/aromatic N) is 4. The molecule has 3 rings (SSSR count). The van der Waals surface area contributed by atoms with E-state index in [0.717, 1.165) is 26.2 Å². The molecule has 0 unspecified atom stereocenters. The van der Waals surface area contributed by atoms with E-state index in [4.69, 9.17) is 0 Å². The molecule has 0 saturated carbocycles. The highest BCUT2D eigenvalue weighted by molar-refractivity contribution is 5.69. The van der Waals surface area contributed by atoms with Gasteiger partial charge in [-0.25, -0.2) is 9.78 Å². The van der Waals surface area contributed by atoms with Crippen molar-refractivity contribution in [1.82, 2.24) is 29.3 Å². The molecule has 0 atom stereocenters. The van der Waals surface area contributed by atoms with Crippen molar-refractivity contribution in [3.05, 3.63) is 27.2 Å². The van der Waals surface area contributed by atoms with Crippen LogP contribution in [0.3, 0.4) is 0 Å². The Morgan fingerprint density at radius 2 is 2.05 bits per heavy atom. The van der Waals surface area contributed by atoms with Crippen LogP contribution in [-0.4, -0.2) is 50.2 Å². The predicted molar refractivity (Wildman–Crippen MR) is 70.0 cm³/mol. The van der Waals surface area contributed by atoms with Gasteiger partial charge in [-0.2, -0.15) is 0 Å². The van der Waals surface area contributed by atoms with E-state index in [1.165, 1.54) is 4.57 Å². The summed E-state index contributed by atoms with van der Waals surface area (Å²) in [5.74, 6) is 0. The Balaban J connectivity index is 2.07. The Morgan fingerprint density at radius 1 is 1.32 bits per heavy atom. The molecule has 3 heterocycles. The third kappa shape index (κ3) is 2.08. The van der Waals surface area contributed by atoms with Crippen LogP contribution < -0.4 is 16.6 Å². The number of aryl methyl sites for hydroxylation is 1. The first kappa shape index (κ1) is 12.1. The van der Waals surface area contributed by atoms with Gasteiger partial charge in [0.2, 0.25) is 0 Å². The van der Waals surface area contributed by atoms with Crippen LogP contribution in [-0.2, 0) is 13.7 Å². The molecule has 0 aromatic carbocycles. The van der Waals surface area contributed by atoms with Crippen molar-refractivity contribution in [2.45, 2.75) is 6.67 Å². The molecule has 102 valence electrons. The zero-order valence-corrected chi connectivity index (χ0v) is 10.7. The summed E-state index contributed by atoms with van der Waals surface area (Å²) in [6, 6.07) is 0. The van der Waals surface area contributed by atoms with E-state index in [9.17, 15) is 9.59 Å². The summed E-state index contributed by atoms with van der Waals surface area (Å²) in [6.45, 7) is 4.01. The van der Waals surface area contributed by atoms with Crippen LogP contribution in [0.5, 0.6) is 0 Å². The highest BCUT2D eigenvalue weighted by atomic mass is 16.2. The SMILES string of the molecule is Cn1cnc2c1c(=O)[nH]c(=O)n2CN1CCNCC1. The second-order valence-corrected chi connectivity index (χ2v) is 4.72. The Labute approximate surface area is 108 Å². The van der Waals surface area contributed by atoms with Crippen molar-refractivity contribution in [3.63, 3.8) is 0 Å². The lowest BCUT2D eigenvalue weighted by atomic mass is 10.4. The molecule has 2 aromatic heterocycles. The Morgan fingerprint density at radius 3 is 2.79 bits per heavy atom. The molecule has 0 radical (unpaired) electrons. The summed E-state index contributed by atoms with van der Waals surface area (Å²) < 4.78 is 3.14. The fourth-order valence-electron chi connectivity index (χ4n) is 2.38. The lowest BCUT2D eigenvalue weighted by Crippen LogP contribution is -2.46. The summed E-state index contributed by atoms with van der Waals surface area (Å²) >= 11 is 0. The first-order valence-corrected chi connectivity index (χ1v) is 6.24. The Bertz CT molecular complexity index is 706. The minimum atomic E-state index is -0.408. The third-order valence-corrected chi connectivity index (χ3v) is 3.41. The van der Waals surface area contributed by atoms with Gasteiger partial charge in [0.1, 0.15) is 0 Å². The van der Waals surface area contributed by atoms with Gasteiger partial charge in [0, 0.05) is 33.2 Å². The van der Waals surface area contributed by atoms with E-state index in [0.29, 0.717) is 17.8 Å². The second kappa shape index (κ2) is 4.63. The fourth-order valence-corrected chi connectivity index (χ4v) is 2.38. The van der Waals surface area contributed by atoms with Crippen LogP contribution >= 0.6 is 0 Å². The number of piperazine rings is 1. The van der Waals surface area contributed by atoms with Crippen LogP contribution in [0.4, 0.5) is 0 Å². The van der Waals surface area contributed by atoms with Crippen molar-refractivity contribution in [2.75, 3.05) is 26.2 Å². The van der Waals surface area contributed by atoms with E-state index >= 15 is 0 Å². The van der Waals surface area contributed by atoms with Crippen molar-refractivity contribution in [3.8, 4) is 0 Å². The largest absolute Gasteiger partial charge is 0.331 e. The highest BCUT2D eigenvalue weighted by Gasteiger charge is 2.15. The zero-order chi connectivity index (χ0) is 13.4. The molecular formula is C11H16N6O2. The highest BCUT2D eigenvalue weighted by Crippen LogP contribution is 2.05. The molecule has 0 amide bonds. The van der Waals surface area contributed by atoms with Gasteiger partial charge >= 0.3 is 5.69 Å². The zero-order valence-electron chi connectivity index (χ0n) is 10.7. The van der Waals surface area contributed by atoms with Crippen LogP contribution in [0.15, 0.2) is 15.9 Å². The number of nitrogens with one attached hydrogen (secondary N) is 2. The van der Waals surface area contributed by atoms with Gasteiger partial charge in [-0.05, 0) is 0 Å². The quantitative estimate of drug-likeness (QED) is 0.674. The number of rotatable bonds is 2. The van der Waals surface area contributed by atoms with E-state index in [-0.39, 0.29) is 0 Å². The van der Waals surface area contributed by atoms with Gasteiger partial charge in [-0.3, -0.25) is 19.2 Å². The summed E-state index contributed by atoms with van der Waals surface area (Å²) in [5.41, 5.74) is 0.0656. The molecular weight excluding hydrogens is 248 g/mol. The first-order chi connectivity index (χ1) is 9.16. The Hall–Kier alpha value is -1.93. The lowest BCUT2D eigenvalue weighted by Gasteiger charge is -2.27. The number of aromatic nitrogens is 4. The third-order valence-electron chi connectivity index (χ3n) is 3.41. The number of imidazole rings is 1. The fraction of sp³-hybridized carbons (Fsp3) is 0.545. The summed E-state index contributed by atoms with van der Waals surface area (Å²) in [6.07, 6.45) is 1.55. The maximum atomic E-state index is 12.0. The molecule has 1 aliphatic heterocycles. The second-order valence-electron chi connectivity index (χ2n) is 4.72. The topological polar surface area (TPSA) is 88.0 Å². The molecule has 8 heteroatoms. The molecule has 19 heavy (non-hydrogen) atoms. The van der Waals surface area contributed by atoms with Gasteiger partial charge < -0.3 is 9.88 Å². The van der Waals surface area contributed by atoms with E-state index in [1.807, 2.05) is 0 Å². The maximum absolute atomic E-state index is 12.0. The molecule has 1 fully saturated rings. The van der Waals surface area contributed by atoms with Crippen molar-refractivity contribution < 1.29 is 0 Å². The molecule has 0 bridgehead atoms. The van der Waals surface area contributed by atoms with Gasteiger partial charge in [-0.1, -0.05) is 0 Å². The minimum Gasteiger partial charge on any atom is -0.328 e.